The summed E-state index contributed by atoms with van der Waals surface area (Å²) in [5.74, 6) is -1.07. The Morgan fingerprint density at radius 3 is 2.38 bits per heavy atom. The van der Waals surface area contributed by atoms with Crippen LogP contribution in [0, 0.1) is 5.92 Å². The molecule has 34 heavy (non-hydrogen) atoms. The fourth-order valence-electron chi connectivity index (χ4n) is 3.81. The Morgan fingerprint density at radius 1 is 1.06 bits per heavy atom. The van der Waals surface area contributed by atoms with Crippen molar-refractivity contribution < 1.29 is 22.8 Å². The Bertz CT molecular complexity index is 1170. The number of rotatable bonds is 8. The van der Waals surface area contributed by atoms with Crippen LogP contribution in [0.25, 0.3) is 0 Å². The third-order valence-electron chi connectivity index (χ3n) is 6.12. The molecule has 0 spiro atoms. The van der Waals surface area contributed by atoms with Crippen LogP contribution in [0.5, 0.6) is 0 Å². The summed E-state index contributed by atoms with van der Waals surface area (Å²) in [5, 5.41) is 5.76. The number of hydrogen-bond donors (Lipinski definition) is 2. The van der Waals surface area contributed by atoms with E-state index in [1.165, 1.54) is 23.4 Å². The molecule has 2 aromatic rings. The first kappa shape index (κ1) is 25.6. The molecule has 1 aliphatic heterocycles. The molecule has 1 saturated heterocycles. The standard InChI is InChI=1S/C25H31N3O5S/c1-4-17(2)26-25(31)22-10-5-6-11-23(22)27-24(30)19-12-14-28(15-13-19)34(32,33)21-9-7-8-20(16-21)18(3)29/h5-11,16-17,19H,4,12-15H2,1-3H3,(H,26,31)(H,27,30). The topological polar surface area (TPSA) is 113 Å². The monoisotopic (exact) mass is 485 g/mol. The summed E-state index contributed by atoms with van der Waals surface area (Å²) in [6, 6.07) is 12.9. The number of nitrogens with one attached hydrogen (secondary N) is 2. The van der Waals surface area contributed by atoms with E-state index in [0.29, 0.717) is 29.7 Å². The van der Waals surface area contributed by atoms with Crippen LogP contribution in [-0.2, 0) is 14.8 Å². The minimum Gasteiger partial charge on any atom is -0.350 e. The second-order valence-corrected chi connectivity index (χ2v) is 10.5. The van der Waals surface area contributed by atoms with E-state index in [1.807, 2.05) is 13.8 Å². The van der Waals surface area contributed by atoms with Crippen molar-refractivity contribution in [3.63, 3.8) is 0 Å². The lowest BCUT2D eigenvalue weighted by Gasteiger charge is -2.30. The lowest BCUT2D eigenvalue weighted by atomic mass is 9.97. The first-order chi connectivity index (χ1) is 16.1. The number of benzene rings is 2. The van der Waals surface area contributed by atoms with Crippen LogP contribution in [0.4, 0.5) is 5.69 Å². The number of Topliss-reactive ketones (excluding diaryl/α,β-unsaturated/α-hetero) is 1. The Kier molecular flexibility index (Phi) is 8.22. The molecule has 1 fully saturated rings. The summed E-state index contributed by atoms with van der Waals surface area (Å²) in [5.41, 5.74) is 1.16. The highest BCUT2D eigenvalue weighted by Gasteiger charge is 2.32. The molecule has 8 nitrogen and oxygen atoms in total. The fraction of sp³-hybridized carbons (Fsp3) is 0.400. The van der Waals surface area contributed by atoms with Crippen molar-refractivity contribution in [2.75, 3.05) is 18.4 Å². The first-order valence-electron chi connectivity index (χ1n) is 11.5. The highest BCUT2D eigenvalue weighted by atomic mass is 32.2. The van der Waals surface area contributed by atoms with E-state index in [0.717, 1.165) is 6.42 Å². The molecular weight excluding hydrogens is 454 g/mol. The summed E-state index contributed by atoms with van der Waals surface area (Å²) in [7, 11) is -3.76. The zero-order valence-corrected chi connectivity index (χ0v) is 20.5. The van der Waals surface area contributed by atoms with Crippen molar-refractivity contribution in [3.05, 3.63) is 59.7 Å². The summed E-state index contributed by atoms with van der Waals surface area (Å²) in [6.45, 7) is 5.67. The van der Waals surface area contributed by atoms with Crippen LogP contribution in [0.2, 0.25) is 0 Å². The maximum Gasteiger partial charge on any atom is 0.253 e. The van der Waals surface area contributed by atoms with Gasteiger partial charge in [-0.3, -0.25) is 14.4 Å². The van der Waals surface area contributed by atoms with Gasteiger partial charge in [0, 0.05) is 30.6 Å². The summed E-state index contributed by atoms with van der Waals surface area (Å²) >= 11 is 0. The van der Waals surface area contributed by atoms with Gasteiger partial charge in [-0.15, -0.1) is 0 Å². The molecule has 0 aromatic heterocycles. The third-order valence-corrected chi connectivity index (χ3v) is 8.02. The second-order valence-electron chi connectivity index (χ2n) is 8.58. The maximum atomic E-state index is 13.0. The molecule has 0 radical (unpaired) electrons. The molecule has 1 heterocycles. The predicted molar refractivity (Wildman–Crippen MR) is 130 cm³/mol. The van der Waals surface area contributed by atoms with Gasteiger partial charge in [-0.2, -0.15) is 4.31 Å². The number of anilines is 1. The number of amides is 2. The molecule has 2 N–H and O–H groups in total. The Balaban J connectivity index is 1.65. The number of carbonyl (C=O) groups is 3. The Morgan fingerprint density at radius 2 is 1.74 bits per heavy atom. The van der Waals surface area contributed by atoms with Crippen molar-refractivity contribution >= 4 is 33.3 Å². The molecule has 0 saturated carbocycles. The highest BCUT2D eigenvalue weighted by Crippen LogP contribution is 2.26. The smallest absolute Gasteiger partial charge is 0.253 e. The van der Waals surface area contributed by atoms with E-state index in [4.69, 9.17) is 0 Å². The van der Waals surface area contributed by atoms with Gasteiger partial charge in [-0.25, -0.2) is 8.42 Å². The molecule has 9 heteroatoms. The van der Waals surface area contributed by atoms with Crippen molar-refractivity contribution in [1.29, 1.82) is 0 Å². The van der Waals surface area contributed by atoms with Gasteiger partial charge in [0.05, 0.1) is 16.1 Å². The van der Waals surface area contributed by atoms with Crippen molar-refractivity contribution in [1.82, 2.24) is 9.62 Å². The number of para-hydroxylation sites is 1. The van der Waals surface area contributed by atoms with Gasteiger partial charge in [-0.1, -0.05) is 31.2 Å². The van der Waals surface area contributed by atoms with Crippen LogP contribution in [0.3, 0.4) is 0 Å². The SMILES string of the molecule is CCC(C)NC(=O)c1ccccc1NC(=O)C1CCN(S(=O)(=O)c2cccc(C(C)=O)c2)CC1. The molecule has 1 atom stereocenters. The average molecular weight is 486 g/mol. The second kappa shape index (κ2) is 10.9. The van der Waals surface area contributed by atoms with Gasteiger partial charge in [0.25, 0.3) is 5.91 Å². The first-order valence-corrected chi connectivity index (χ1v) is 12.9. The Labute approximate surface area is 200 Å². The average Bonchev–Trinajstić information content (AvgIpc) is 2.84. The number of piperidine rings is 1. The summed E-state index contributed by atoms with van der Waals surface area (Å²) in [6.07, 6.45) is 1.51. The molecule has 2 amide bonds. The van der Waals surface area contributed by atoms with Crippen molar-refractivity contribution in [3.8, 4) is 0 Å². The molecule has 2 aromatic carbocycles. The van der Waals surface area contributed by atoms with E-state index >= 15 is 0 Å². The molecule has 1 aliphatic rings. The van der Waals surface area contributed by atoms with E-state index in [-0.39, 0.29) is 47.5 Å². The lowest BCUT2D eigenvalue weighted by Crippen LogP contribution is -2.41. The van der Waals surface area contributed by atoms with E-state index in [9.17, 15) is 22.8 Å². The zero-order chi connectivity index (χ0) is 24.9. The van der Waals surface area contributed by atoms with Crippen LogP contribution in [0.1, 0.15) is 60.7 Å². The van der Waals surface area contributed by atoms with Gasteiger partial charge in [0.2, 0.25) is 15.9 Å². The van der Waals surface area contributed by atoms with Crippen LogP contribution < -0.4 is 10.6 Å². The van der Waals surface area contributed by atoms with E-state index < -0.39 is 10.0 Å². The lowest BCUT2D eigenvalue weighted by molar-refractivity contribution is -0.120. The van der Waals surface area contributed by atoms with Crippen LogP contribution in [0.15, 0.2) is 53.4 Å². The van der Waals surface area contributed by atoms with Gasteiger partial charge in [0.15, 0.2) is 5.78 Å². The Hall–Kier alpha value is -3.04. The molecule has 182 valence electrons. The fourth-order valence-corrected chi connectivity index (χ4v) is 5.33. The zero-order valence-electron chi connectivity index (χ0n) is 19.7. The van der Waals surface area contributed by atoms with Crippen LogP contribution in [-0.4, -0.2) is 49.5 Å². The molecule has 0 bridgehead atoms. The van der Waals surface area contributed by atoms with Gasteiger partial charge in [0.1, 0.15) is 0 Å². The van der Waals surface area contributed by atoms with Crippen molar-refractivity contribution in [2.24, 2.45) is 5.92 Å². The summed E-state index contributed by atoms with van der Waals surface area (Å²) < 4.78 is 27.4. The number of carbonyl (C=O) groups excluding carboxylic acids is 3. The number of hydrogen-bond acceptors (Lipinski definition) is 5. The largest absolute Gasteiger partial charge is 0.350 e. The molecular formula is C25H31N3O5S. The summed E-state index contributed by atoms with van der Waals surface area (Å²) in [4.78, 5) is 37.2. The van der Waals surface area contributed by atoms with Gasteiger partial charge >= 0.3 is 0 Å². The van der Waals surface area contributed by atoms with Gasteiger partial charge in [-0.05, 0) is 57.4 Å². The quantitative estimate of drug-likeness (QED) is 0.556. The third kappa shape index (κ3) is 5.90. The number of nitrogens with zero attached hydrogens (tertiary/aromatic N) is 1. The minimum atomic E-state index is -3.76. The van der Waals surface area contributed by atoms with Crippen molar-refractivity contribution in [2.45, 2.75) is 51.0 Å². The van der Waals surface area contributed by atoms with Gasteiger partial charge < -0.3 is 10.6 Å². The highest BCUT2D eigenvalue weighted by molar-refractivity contribution is 7.89. The maximum absolute atomic E-state index is 13.0. The number of sulfonamides is 1. The van der Waals surface area contributed by atoms with E-state index in [2.05, 4.69) is 10.6 Å². The minimum absolute atomic E-state index is 0.0127. The molecule has 1 unspecified atom stereocenters. The number of ketones is 1. The predicted octanol–water partition coefficient (Wildman–Crippen LogP) is 3.46. The van der Waals surface area contributed by atoms with Crippen LogP contribution >= 0.6 is 0 Å². The van der Waals surface area contributed by atoms with E-state index in [1.54, 1.807) is 36.4 Å². The molecule has 3 rings (SSSR count). The molecule has 0 aliphatic carbocycles. The normalized spacial score (nSPS) is 16.0.